The van der Waals surface area contributed by atoms with E-state index in [0.717, 1.165) is 19.6 Å². The van der Waals surface area contributed by atoms with Gasteiger partial charge in [-0.15, -0.1) is 0 Å². The van der Waals surface area contributed by atoms with Gasteiger partial charge >= 0.3 is 0 Å². The molecule has 0 saturated carbocycles. The molecule has 0 unspecified atom stereocenters. The monoisotopic (exact) mass is 141 g/mol. The summed E-state index contributed by atoms with van der Waals surface area (Å²) in [6.07, 6.45) is 0.838. The minimum absolute atomic E-state index is 0.737. The molecule has 0 heterocycles. The lowest BCUT2D eigenvalue weighted by atomic mass is 10.4. The van der Waals surface area contributed by atoms with Crippen LogP contribution in [0.3, 0.4) is 0 Å². The number of ether oxygens (including phenoxy) is 1. The van der Waals surface area contributed by atoms with Gasteiger partial charge in [-0.1, -0.05) is 11.8 Å². The molecular weight excluding hydrogens is 126 g/mol. The zero-order chi connectivity index (χ0) is 7.82. The molecular formula is C8H15NO. The van der Waals surface area contributed by atoms with Crippen molar-refractivity contribution < 1.29 is 4.74 Å². The smallest absolute Gasteiger partial charge is 0.0596 e. The molecule has 0 aliphatic rings. The Balaban J connectivity index is 3.14. The quantitative estimate of drug-likeness (QED) is 0.421. The highest BCUT2D eigenvalue weighted by Crippen LogP contribution is 1.76. The van der Waals surface area contributed by atoms with Crippen molar-refractivity contribution in [3.63, 3.8) is 0 Å². The fourth-order valence-electron chi connectivity index (χ4n) is 0.455. The average Bonchev–Trinajstić information content (AvgIpc) is 1.87. The largest absolute Gasteiger partial charge is 0.384 e. The van der Waals surface area contributed by atoms with E-state index >= 15 is 0 Å². The van der Waals surface area contributed by atoms with E-state index in [1.807, 2.05) is 19.0 Å². The summed E-state index contributed by atoms with van der Waals surface area (Å²) in [5.41, 5.74) is 0. The summed E-state index contributed by atoms with van der Waals surface area (Å²) in [5.74, 6) is 6.02. The lowest BCUT2D eigenvalue weighted by molar-refractivity contribution is 0.206. The van der Waals surface area contributed by atoms with Gasteiger partial charge in [0, 0.05) is 13.5 Å². The van der Waals surface area contributed by atoms with Crippen molar-refractivity contribution >= 4 is 0 Å². The van der Waals surface area contributed by atoms with Crippen LogP contribution in [-0.2, 0) is 4.74 Å². The van der Waals surface area contributed by atoms with Crippen LogP contribution in [0.2, 0.25) is 0 Å². The Morgan fingerprint density at radius 3 is 2.50 bits per heavy atom. The minimum atomic E-state index is 0.737. The fourth-order valence-corrected chi connectivity index (χ4v) is 0.455. The van der Waals surface area contributed by atoms with Crippen LogP contribution in [0.15, 0.2) is 0 Å². The van der Waals surface area contributed by atoms with E-state index in [2.05, 4.69) is 11.8 Å². The van der Waals surface area contributed by atoms with E-state index in [-0.39, 0.29) is 0 Å². The van der Waals surface area contributed by atoms with Gasteiger partial charge in [0.2, 0.25) is 0 Å². The van der Waals surface area contributed by atoms with Crippen LogP contribution in [0.5, 0.6) is 0 Å². The number of nitrogens with zero attached hydrogens (tertiary/aromatic N) is 1. The van der Waals surface area contributed by atoms with Crippen molar-refractivity contribution in [2.75, 3.05) is 34.4 Å². The van der Waals surface area contributed by atoms with Gasteiger partial charge in [-0.05, 0) is 14.1 Å². The molecule has 58 valence electrons. The Hall–Kier alpha value is -0.520. The summed E-state index contributed by atoms with van der Waals surface area (Å²) in [6.45, 7) is 1.57. The third kappa shape index (κ3) is 7.48. The van der Waals surface area contributed by atoms with Crippen LogP contribution in [0.1, 0.15) is 6.42 Å². The Morgan fingerprint density at radius 1 is 1.30 bits per heavy atom. The molecule has 2 nitrogen and oxygen atoms in total. The van der Waals surface area contributed by atoms with E-state index in [9.17, 15) is 0 Å². The Kier molecular flexibility index (Phi) is 6.25. The van der Waals surface area contributed by atoms with Gasteiger partial charge in [-0.3, -0.25) is 4.90 Å². The van der Waals surface area contributed by atoms with Crippen molar-refractivity contribution in [1.29, 1.82) is 0 Å². The van der Waals surface area contributed by atoms with E-state index in [0.29, 0.717) is 0 Å². The molecule has 0 aliphatic heterocycles. The van der Waals surface area contributed by atoms with Crippen molar-refractivity contribution in [3.05, 3.63) is 0 Å². The highest BCUT2D eigenvalue weighted by Gasteiger charge is 1.80. The van der Waals surface area contributed by atoms with Gasteiger partial charge < -0.3 is 4.74 Å². The first-order chi connectivity index (χ1) is 4.77. The van der Waals surface area contributed by atoms with Gasteiger partial charge in [0.1, 0.15) is 0 Å². The van der Waals surface area contributed by atoms with Crippen LogP contribution >= 0.6 is 0 Å². The number of methoxy groups -OCH3 is 1. The predicted octanol–water partition coefficient (Wildman–Crippen LogP) is 0.588. The molecule has 0 saturated heterocycles. The first-order valence-corrected chi connectivity index (χ1v) is 3.36. The van der Waals surface area contributed by atoms with E-state index < -0.39 is 0 Å². The molecule has 0 N–H and O–H groups in total. The molecule has 0 aromatic heterocycles. The highest BCUT2D eigenvalue weighted by molar-refractivity contribution is 5.00. The second kappa shape index (κ2) is 6.60. The maximum absolute atomic E-state index is 4.83. The molecule has 0 spiro atoms. The second-order valence-electron chi connectivity index (χ2n) is 2.33. The lowest BCUT2D eigenvalue weighted by Gasteiger charge is -2.00. The van der Waals surface area contributed by atoms with E-state index in [4.69, 9.17) is 4.74 Å². The van der Waals surface area contributed by atoms with Crippen LogP contribution in [0.25, 0.3) is 0 Å². The summed E-state index contributed by atoms with van der Waals surface area (Å²) in [4.78, 5) is 2.04. The molecule has 0 fully saturated rings. The molecule has 2 heteroatoms. The van der Waals surface area contributed by atoms with Crippen molar-refractivity contribution in [3.8, 4) is 11.8 Å². The molecule has 0 aromatic rings. The van der Waals surface area contributed by atoms with Gasteiger partial charge in [-0.25, -0.2) is 0 Å². The summed E-state index contributed by atoms with van der Waals surface area (Å²) in [5, 5.41) is 0. The number of rotatable bonds is 3. The predicted molar refractivity (Wildman–Crippen MR) is 42.8 cm³/mol. The van der Waals surface area contributed by atoms with E-state index in [1.54, 1.807) is 7.11 Å². The van der Waals surface area contributed by atoms with Crippen LogP contribution in [-0.4, -0.2) is 39.3 Å². The van der Waals surface area contributed by atoms with Crippen molar-refractivity contribution in [1.82, 2.24) is 4.90 Å². The molecule has 0 bridgehead atoms. The summed E-state index contributed by atoms with van der Waals surface area (Å²) >= 11 is 0. The number of hydrogen-bond donors (Lipinski definition) is 0. The topological polar surface area (TPSA) is 12.5 Å². The van der Waals surface area contributed by atoms with Gasteiger partial charge in [0.25, 0.3) is 0 Å². The minimum Gasteiger partial charge on any atom is -0.384 e. The molecule has 0 amide bonds. The van der Waals surface area contributed by atoms with E-state index in [1.165, 1.54) is 0 Å². The van der Waals surface area contributed by atoms with Gasteiger partial charge in [-0.2, -0.15) is 0 Å². The fraction of sp³-hybridized carbons (Fsp3) is 0.750. The Labute approximate surface area is 63.2 Å². The zero-order valence-corrected chi connectivity index (χ0v) is 6.98. The first-order valence-electron chi connectivity index (χ1n) is 3.36. The summed E-state index contributed by atoms with van der Waals surface area (Å²) in [7, 11) is 5.70. The first kappa shape index (κ1) is 9.48. The molecule has 0 atom stereocenters. The standard InChI is InChI=1S/C8H15NO/c1-9(2)7-5-4-6-8-10-3/h6-8H2,1-3H3. The van der Waals surface area contributed by atoms with Crippen molar-refractivity contribution in [2.45, 2.75) is 6.42 Å². The highest BCUT2D eigenvalue weighted by atomic mass is 16.5. The molecule has 0 rings (SSSR count). The molecule has 10 heavy (non-hydrogen) atoms. The molecule has 0 radical (unpaired) electrons. The Morgan fingerprint density at radius 2 is 2.00 bits per heavy atom. The normalized spacial score (nSPS) is 9.20. The summed E-state index contributed by atoms with van der Waals surface area (Å²) < 4.78 is 4.83. The molecule has 0 aliphatic carbocycles. The van der Waals surface area contributed by atoms with Gasteiger partial charge in [0.15, 0.2) is 0 Å². The van der Waals surface area contributed by atoms with Crippen molar-refractivity contribution in [2.24, 2.45) is 0 Å². The van der Waals surface area contributed by atoms with Crippen LogP contribution < -0.4 is 0 Å². The lowest BCUT2D eigenvalue weighted by Crippen LogP contribution is -2.10. The molecule has 0 aromatic carbocycles. The third-order valence-corrected chi connectivity index (χ3v) is 0.951. The zero-order valence-electron chi connectivity index (χ0n) is 6.98. The number of hydrogen-bond acceptors (Lipinski definition) is 2. The maximum atomic E-state index is 4.83. The Bertz CT molecular complexity index is 121. The second-order valence-corrected chi connectivity index (χ2v) is 2.33. The van der Waals surface area contributed by atoms with Gasteiger partial charge in [0.05, 0.1) is 13.2 Å². The summed E-state index contributed by atoms with van der Waals surface area (Å²) in [6, 6.07) is 0. The maximum Gasteiger partial charge on any atom is 0.0596 e. The average molecular weight is 141 g/mol. The SMILES string of the molecule is COCCC#CCN(C)C. The van der Waals surface area contributed by atoms with Crippen LogP contribution in [0.4, 0.5) is 0 Å². The van der Waals surface area contributed by atoms with Crippen LogP contribution in [0, 0.1) is 11.8 Å². The third-order valence-electron chi connectivity index (χ3n) is 0.951.